The van der Waals surface area contributed by atoms with Crippen molar-refractivity contribution in [2.75, 3.05) is 46.0 Å². The van der Waals surface area contributed by atoms with Gasteiger partial charge in [-0.1, -0.05) is 24.3 Å². The number of benzene rings is 2. The predicted molar refractivity (Wildman–Crippen MR) is 122 cm³/mol. The lowest BCUT2D eigenvalue weighted by molar-refractivity contribution is -0.137. The molecule has 0 spiro atoms. The van der Waals surface area contributed by atoms with E-state index in [1.807, 2.05) is 6.92 Å². The number of morpholine rings is 1. The van der Waals surface area contributed by atoms with Gasteiger partial charge in [-0.05, 0) is 48.7 Å². The molecule has 2 aliphatic heterocycles. The average Bonchev–Trinajstić information content (AvgIpc) is 2.83. The Morgan fingerprint density at radius 2 is 1.75 bits per heavy atom. The molecule has 0 saturated carbocycles. The predicted octanol–water partition coefficient (Wildman–Crippen LogP) is 2.10. The quantitative estimate of drug-likeness (QED) is 0.718. The Balaban J connectivity index is 1.22. The molecule has 0 aliphatic carbocycles. The minimum Gasteiger partial charge on any atom is -0.484 e. The van der Waals surface area contributed by atoms with Crippen molar-refractivity contribution in [3.63, 3.8) is 0 Å². The number of carbonyl (C=O) groups excluding carboxylic acids is 2. The second-order valence-electron chi connectivity index (χ2n) is 8.43. The molecule has 1 N–H and O–H groups in total. The van der Waals surface area contributed by atoms with E-state index >= 15 is 0 Å². The molecule has 1 fully saturated rings. The maximum atomic E-state index is 12.6. The highest BCUT2D eigenvalue weighted by Gasteiger charge is 2.19. The minimum atomic E-state index is -0.106. The number of nitrogens with zero attached hydrogens (tertiary/aromatic N) is 2. The van der Waals surface area contributed by atoms with Crippen molar-refractivity contribution in [2.24, 2.45) is 0 Å². The van der Waals surface area contributed by atoms with Gasteiger partial charge in [0.25, 0.3) is 11.8 Å². The standard InChI is InChI=1S/C25H31N3O4/c1-19(16-27-11-10-20-4-2-3-5-22(20)17-27)26-25(30)21-6-8-23(9-7-21)32-18-24(29)28-12-14-31-15-13-28/h2-9,19H,10-18H2,1H3,(H,26,30). The van der Waals surface area contributed by atoms with Crippen LogP contribution in [0.3, 0.4) is 0 Å². The summed E-state index contributed by atoms with van der Waals surface area (Å²) in [5.41, 5.74) is 3.38. The zero-order chi connectivity index (χ0) is 22.3. The molecule has 1 unspecified atom stereocenters. The van der Waals surface area contributed by atoms with Crippen molar-refractivity contribution in [3.05, 3.63) is 65.2 Å². The van der Waals surface area contributed by atoms with Gasteiger partial charge in [0.2, 0.25) is 0 Å². The molecule has 4 rings (SSSR count). The zero-order valence-electron chi connectivity index (χ0n) is 18.6. The summed E-state index contributed by atoms with van der Waals surface area (Å²) in [4.78, 5) is 28.9. The Morgan fingerprint density at radius 1 is 1.03 bits per heavy atom. The van der Waals surface area contributed by atoms with Crippen molar-refractivity contribution in [1.82, 2.24) is 15.1 Å². The molecule has 0 radical (unpaired) electrons. The molecule has 2 heterocycles. The van der Waals surface area contributed by atoms with Gasteiger partial charge in [-0.3, -0.25) is 14.5 Å². The Morgan fingerprint density at radius 3 is 2.50 bits per heavy atom. The molecular formula is C25H31N3O4. The van der Waals surface area contributed by atoms with Crippen LogP contribution in [0.15, 0.2) is 48.5 Å². The molecule has 2 aromatic rings. The van der Waals surface area contributed by atoms with Crippen LogP contribution in [0, 0.1) is 0 Å². The van der Waals surface area contributed by atoms with Gasteiger partial charge in [-0.15, -0.1) is 0 Å². The van der Waals surface area contributed by atoms with Crippen molar-refractivity contribution in [1.29, 1.82) is 0 Å². The summed E-state index contributed by atoms with van der Waals surface area (Å²) < 4.78 is 10.9. The molecule has 2 aliphatic rings. The van der Waals surface area contributed by atoms with Crippen LogP contribution in [0.2, 0.25) is 0 Å². The van der Waals surface area contributed by atoms with Crippen molar-refractivity contribution in [2.45, 2.75) is 25.9 Å². The van der Waals surface area contributed by atoms with Crippen LogP contribution in [-0.2, 0) is 22.5 Å². The fourth-order valence-corrected chi connectivity index (χ4v) is 4.20. The maximum Gasteiger partial charge on any atom is 0.260 e. The smallest absolute Gasteiger partial charge is 0.260 e. The van der Waals surface area contributed by atoms with Crippen LogP contribution in [0.1, 0.15) is 28.4 Å². The first-order chi connectivity index (χ1) is 15.6. The van der Waals surface area contributed by atoms with Gasteiger partial charge in [-0.25, -0.2) is 0 Å². The first-order valence-electron chi connectivity index (χ1n) is 11.3. The number of amides is 2. The van der Waals surface area contributed by atoms with Crippen LogP contribution in [0.25, 0.3) is 0 Å². The summed E-state index contributed by atoms with van der Waals surface area (Å²) >= 11 is 0. The summed E-state index contributed by atoms with van der Waals surface area (Å²) in [5.74, 6) is 0.415. The largest absolute Gasteiger partial charge is 0.484 e. The third kappa shape index (κ3) is 5.87. The molecule has 0 bridgehead atoms. The Hall–Kier alpha value is -2.90. The Kier molecular flexibility index (Phi) is 7.39. The normalized spacial score (nSPS) is 17.3. The Bertz CT molecular complexity index is 925. The second kappa shape index (κ2) is 10.6. The third-order valence-corrected chi connectivity index (χ3v) is 5.96. The minimum absolute atomic E-state index is 0.0124. The fourth-order valence-electron chi connectivity index (χ4n) is 4.20. The Labute approximate surface area is 189 Å². The van der Waals surface area contributed by atoms with E-state index in [1.165, 1.54) is 11.1 Å². The van der Waals surface area contributed by atoms with Crippen LogP contribution >= 0.6 is 0 Å². The van der Waals surface area contributed by atoms with Crippen molar-refractivity contribution in [3.8, 4) is 5.75 Å². The molecule has 170 valence electrons. The van der Waals surface area contributed by atoms with Gasteiger partial charge in [0.05, 0.1) is 13.2 Å². The molecule has 1 saturated heterocycles. The molecule has 32 heavy (non-hydrogen) atoms. The number of ether oxygens (including phenoxy) is 2. The third-order valence-electron chi connectivity index (χ3n) is 5.96. The van der Waals surface area contributed by atoms with Crippen LogP contribution in [0.4, 0.5) is 0 Å². The molecule has 0 aromatic heterocycles. The highest BCUT2D eigenvalue weighted by molar-refractivity contribution is 5.94. The van der Waals surface area contributed by atoms with Gasteiger partial charge < -0.3 is 19.7 Å². The van der Waals surface area contributed by atoms with Crippen LogP contribution < -0.4 is 10.1 Å². The summed E-state index contributed by atoms with van der Waals surface area (Å²) in [5, 5.41) is 3.09. The fraction of sp³-hybridized carbons (Fsp3) is 0.440. The number of rotatable bonds is 7. The topological polar surface area (TPSA) is 71.1 Å². The lowest BCUT2D eigenvalue weighted by Crippen LogP contribution is -2.43. The first kappa shape index (κ1) is 22.3. The molecule has 2 amide bonds. The summed E-state index contributed by atoms with van der Waals surface area (Å²) in [7, 11) is 0. The van der Waals surface area contributed by atoms with Gasteiger partial charge in [0, 0.05) is 44.3 Å². The first-order valence-corrected chi connectivity index (χ1v) is 11.3. The van der Waals surface area contributed by atoms with Gasteiger partial charge in [-0.2, -0.15) is 0 Å². The van der Waals surface area contributed by atoms with E-state index in [4.69, 9.17) is 9.47 Å². The maximum absolute atomic E-state index is 12.6. The van der Waals surface area contributed by atoms with Crippen LogP contribution in [-0.4, -0.2) is 73.7 Å². The van der Waals surface area contributed by atoms with E-state index in [1.54, 1.807) is 29.2 Å². The summed E-state index contributed by atoms with van der Waals surface area (Å²) in [6, 6.07) is 15.5. The van der Waals surface area contributed by atoms with E-state index in [0.29, 0.717) is 37.6 Å². The number of carbonyl (C=O) groups is 2. The van der Waals surface area contributed by atoms with E-state index in [0.717, 1.165) is 26.1 Å². The summed E-state index contributed by atoms with van der Waals surface area (Å²) in [6.07, 6.45) is 1.05. The second-order valence-corrected chi connectivity index (χ2v) is 8.43. The molecule has 7 heteroatoms. The van der Waals surface area contributed by atoms with Gasteiger partial charge >= 0.3 is 0 Å². The summed E-state index contributed by atoms with van der Waals surface area (Å²) in [6.45, 7) is 7.10. The number of hydrogen-bond acceptors (Lipinski definition) is 5. The highest BCUT2D eigenvalue weighted by atomic mass is 16.5. The molecule has 1 atom stereocenters. The average molecular weight is 438 g/mol. The lowest BCUT2D eigenvalue weighted by Gasteiger charge is -2.31. The van der Waals surface area contributed by atoms with Crippen molar-refractivity contribution < 1.29 is 19.1 Å². The zero-order valence-corrected chi connectivity index (χ0v) is 18.6. The molecule has 7 nitrogen and oxygen atoms in total. The van der Waals surface area contributed by atoms with Gasteiger partial charge in [0.1, 0.15) is 5.75 Å². The van der Waals surface area contributed by atoms with Gasteiger partial charge in [0.15, 0.2) is 6.61 Å². The molecular weight excluding hydrogens is 406 g/mol. The highest BCUT2D eigenvalue weighted by Crippen LogP contribution is 2.18. The number of nitrogens with one attached hydrogen (secondary N) is 1. The van der Waals surface area contributed by atoms with E-state index < -0.39 is 0 Å². The van der Waals surface area contributed by atoms with Crippen molar-refractivity contribution >= 4 is 11.8 Å². The van der Waals surface area contributed by atoms with Crippen LogP contribution in [0.5, 0.6) is 5.75 Å². The van der Waals surface area contributed by atoms with E-state index in [2.05, 4.69) is 34.5 Å². The lowest BCUT2D eigenvalue weighted by atomic mass is 9.99. The number of fused-ring (bicyclic) bond motifs is 1. The SMILES string of the molecule is CC(CN1CCc2ccccc2C1)NC(=O)c1ccc(OCC(=O)N2CCOCC2)cc1. The number of hydrogen-bond donors (Lipinski definition) is 1. The van der Waals surface area contributed by atoms with E-state index in [-0.39, 0.29) is 24.5 Å². The monoisotopic (exact) mass is 437 g/mol. The van der Waals surface area contributed by atoms with E-state index in [9.17, 15) is 9.59 Å². The molecule has 2 aromatic carbocycles.